The Hall–Kier alpha value is -1.89. The van der Waals surface area contributed by atoms with Gasteiger partial charge in [0.2, 0.25) is 10.0 Å². The number of piperidine rings is 1. The first-order chi connectivity index (χ1) is 9.58. The molecule has 1 fully saturated rings. The average molecular weight is 289 g/mol. The van der Waals surface area contributed by atoms with Gasteiger partial charge in [-0.3, -0.25) is 0 Å². The summed E-state index contributed by atoms with van der Waals surface area (Å²) in [6.45, 7) is 0.384. The Morgan fingerprint density at radius 3 is 2.70 bits per heavy atom. The van der Waals surface area contributed by atoms with Gasteiger partial charge in [-0.05, 0) is 30.9 Å². The maximum atomic E-state index is 12.5. The topological polar surface area (TPSA) is 85.0 Å². The molecule has 0 bridgehead atoms. The van der Waals surface area contributed by atoms with Crippen molar-refractivity contribution in [1.82, 2.24) is 4.31 Å². The molecule has 1 unspecified atom stereocenters. The summed E-state index contributed by atoms with van der Waals surface area (Å²) < 4.78 is 26.2. The molecule has 0 saturated carbocycles. The van der Waals surface area contributed by atoms with E-state index in [1.807, 2.05) is 6.07 Å². The molecular formula is C14H15N3O2S. The zero-order valence-corrected chi connectivity index (χ0v) is 11.8. The summed E-state index contributed by atoms with van der Waals surface area (Å²) in [5, 5.41) is 18.1. The monoisotopic (exact) mass is 289 g/mol. The molecule has 0 aromatic heterocycles. The fraction of sp³-hybridized carbons (Fsp3) is 0.429. The molecule has 1 aromatic carbocycles. The van der Waals surface area contributed by atoms with Crippen molar-refractivity contribution >= 4 is 10.0 Å². The molecule has 1 atom stereocenters. The minimum absolute atomic E-state index is 0.227. The Labute approximate surface area is 119 Å². The van der Waals surface area contributed by atoms with Crippen LogP contribution in [-0.2, 0) is 15.8 Å². The number of hydrogen-bond acceptors (Lipinski definition) is 4. The van der Waals surface area contributed by atoms with Crippen molar-refractivity contribution in [3.63, 3.8) is 0 Å². The van der Waals surface area contributed by atoms with Gasteiger partial charge in [0.15, 0.2) is 0 Å². The standard InChI is InChI=1S/C14H15N3O2S/c15-9-12-5-1-2-6-13(12)11-20(18,19)17-8-4-3-7-14(17)10-16/h1-2,5-6,14H,3-4,7-8,11H2. The van der Waals surface area contributed by atoms with Gasteiger partial charge >= 0.3 is 0 Å². The Balaban J connectivity index is 2.27. The van der Waals surface area contributed by atoms with Gasteiger partial charge in [0.05, 0.1) is 23.5 Å². The molecule has 1 aliphatic heterocycles. The van der Waals surface area contributed by atoms with Gasteiger partial charge in [0.25, 0.3) is 0 Å². The molecule has 2 rings (SSSR count). The summed E-state index contributed by atoms with van der Waals surface area (Å²) in [7, 11) is -3.57. The predicted molar refractivity (Wildman–Crippen MR) is 73.7 cm³/mol. The first-order valence-electron chi connectivity index (χ1n) is 6.45. The molecule has 1 aliphatic rings. The minimum atomic E-state index is -3.57. The van der Waals surface area contributed by atoms with Crippen LogP contribution in [0.4, 0.5) is 0 Å². The van der Waals surface area contributed by atoms with Gasteiger partial charge in [-0.25, -0.2) is 8.42 Å². The van der Waals surface area contributed by atoms with E-state index in [0.29, 0.717) is 24.1 Å². The van der Waals surface area contributed by atoms with Gasteiger partial charge in [-0.15, -0.1) is 0 Å². The molecule has 1 aromatic rings. The Morgan fingerprint density at radius 1 is 1.25 bits per heavy atom. The van der Waals surface area contributed by atoms with Gasteiger partial charge < -0.3 is 0 Å². The van der Waals surface area contributed by atoms with Crippen LogP contribution in [0.25, 0.3) is 0 Å². The first-order valence-corrected chi connectivity index (χ1v) is 8.06. The minimum Gasteiger partial charge on any atom is -0.212 e. The third kappa shape index (κ3) is 2.98. The van der Waals surface area contributed by atoms with Crippen LogP contribution in [0.2, 0.25) is 0 Å². The van der Waals surface area contributed by atoms with E-state index in [0.717, 1.165) is 12.8 Å². The summed E-state index contributed by atoms with van der Waals surface area (Å²) in [6, 6.07) is 10.1. The van der Waals surface area contributed by atoms with E-state index in [-0.39, 0.29) is 5.75 Å². The molecule has 0 radical (unpaired) electrons. The number of nitriles is 2. The lowest BCUT2D eigenvalue weighted by Gasteiger charge is -2.30. The zero-order valence-electron chi connectivity index (χ0n) is 11.0. The highest BCUT2D eigenvalue weighted by molar-refractivity contribution is 7.88. The Bertz CT molecular complexity index is 670. The largest absolute Gasteiger partial charge is 0.219 e. The Morgan fingerprint density at radius 2 is 2.00 bits per heavy atom. The summed E-state index contributed by atoms with van der Waals surface area (Å²) in [5.41, 5.74) is 0.846. The van der Waals surface area contributed by atoms with E-state index in [1.165, 1.54) is 4.31 Å². The lowest BCUT2D eigenvalue weighted by molar-refractivity contribution is 0.296. The average Bonchev–Trinajstić information content (AvgIpc) is 2.47. The van der Waals surface area contributed by atoms with Crippen LogP contribution in [0, 0.1) is 22.7 Å². The van der Waals surface area contributed by atoms with Crippen molar-refractivity contribution in [2.24, 2.45) is 0 Å². The van der Waals surface area contributed by atoms with Crippen LogP contribution >= 0.6 is 0 Å². The molecule has 0 spiro atoms. The maximum Gasteiger partial charge on any atom is 0.219 e. The van der Waals surface area contributed by atoms with Gasteiger partial charge in [-0.2, -0.15) is 14.8 Å². The first kappa shape index (κ1) is 14.5. The van der Waals surface area contributed by atoms with Crippen molar-refractivity contribution in [3.05, 3.63) is 35.4 Å². The summed E-state index contributed by atoms with van der Waals surface area (Å²) >= 11 is 0. The molecule has 1 heterocycles. The molecule has 0 N–H and O–H groups in total. The van der Waals surface area contributed by atoms with Crippen LogP contribution in [0.1, 0.15) is 30.4 Å². The molecule has 5 nitrogen and oxygen atoms in total. The predicted octanol–water partition coefficient (Wildman–Crippen LogP) is 1.77. The molecule has 0 amide bonds. The number of hydrogen-bond donors (Lipinski definition) is 0. The molecule has 1 saturated heterocycles. The van der Waals surface area contributed by atoms with Crippen molar-refractivity contribution in [3.8, 4) is 12.1 Å². The highest BCUT2D eigenvalue weighted by Crippen LogP contribution is 2.23. The Kier molecular flexibility index (Phi) is 4.39. The molecule has 6 heteroatoms. The van der Waals surface area contributed by atoms with Crippen molar-refractivity contribution in [2.45, 2.75) is 31.1 Å². The van der Waals surface area contributed by atoms with Crippen molar-refractivity contribution in [2.75, 3.05) is 6.54 Å². The molecule has 20 heavy (non-hydrogen) atoms. The quantitative estimate of drug-likeness (QED) is 0.848. The summed E-state index contributed by atoms with van der Waals surface area (Å²) in [5.74, 6) is -0.227. The second kappa shape index (κ2) is 6.04. The highest BCUT2D eigenvalue weighted by Gasteiger charge is 2.32. The fourth-order valence-electron chi connectivity index (χ4n) is 2.40. The highest BCUT2D eigenvalue weighted by atomic mass is 32.2. The lowest BCUT2D eigenvalue weighted by atomic mass is 10.1. The van der Waals surface area contributed by atoms with E-state index in [2.05, 4.69) is 6.07 Å². The normalized spacial score (nSPS) is 20.0. The van der Waals surface area contributed by atoms with Crippen LogP contribution < -0.4 is 0 Å². The molecule has 0 aliphatic carbocycles. The SMILES string of the molecule is N#Cc1ccccc1CS(=O)(=O)N1CCCCC1C#N. The fourth-order valence-corrected chi connectivity index (χ4v) is 4.16. The van der Waals surface area contributed by atoms with Gasteiger partial charge in [0.1, 0.15) is 6.04 Å². The number of nitrogens with zero attached hydrogens (tertiary/aromatic N) is 3. The number of rotatable bonds is 3. The maximum absolute atomic E-state index is 12.5. The van der Waals surface area contributed by atoms with E-state index in [1.54, 1.807) is 24.3 Å². The lowest BCUT2D eigenvalue weighted by Crippen LogP contribution is -2.43. The second-order valence-electron chi connectivity index (χ2n) is 4.78. The van der Waals surface area contributed by atoms with Crippen molar-refractivity contribution in [1.29, 1.82) is 10.5 Å². The van der Waals surface area contributed by atoms with E-state index < -0.39 is 16.1 Å². The molecular weight excluding hydrogens is 274 g/mol. The number of sulfonamides is 1. The van der Waals surface area contributed by atoms with Gasteiger partial charge in [-0.1, -0.05) is 18.2 Å². The summed E-state index contributed by atoms with van der Waals surface area (Å²) in [6.07, 6.45) is 2.23. The van der Waals surface area contributed by atoms with Crippen LogP contribution in [0.5, 0.6) is 0 Å². The van der Waals surface area contributed by atoms with E-state index >= 15 is 0 Å². The van der Waals surface area contributed by atoms with Crippen LogP contribution in [0.3, 0.4) is 0 Å². The van der Waals surface area contributed by atoms with E-state index in [9.17, 15) is 8.42 Å². The van der Waals surface area contributed by atoms with Crippen molar-refractivity contribution < 1.29 is 8.42 Å². The zero-order chi connectivity index (χ0) is 14.6. The van der Waals surface area contributed by atoms with Gasteiger partial charge in [0, 0.05) is 6.54 Å². The number of benzene rings is 1. The van der Waals surface area contributed by atoms with Crippen LogP contribution in [0.15, 0.2) is 24.3 Å². The van der Waals surface area contributed by atoms with Crippen LogP contribution in [-0.4, -0.2) is 25.3 Å². The third-order valence-corrected chi connectivity index (χ3v) is 5.26. The third-order valence-electron chi connectivity index (χ3n) is 3.44. The molecule has 104 valence electrons. The van der Waals surface area contributed by atoms with E-state index in [4.69, 9.17) is 10.5 Å². The second-order valence-corrected chi connectivity index (χ2v) is 6.70. The summed E-state index contributed by atoms with van der Waals surface area (Å²) in [4.78, 5) is 0. The smallest absolute Gasteiger partial charge is 0.212 e.